The third kappa shape index (κ3) is 9.03. The number of aromatic nitrogens is 4. The smallest absolute Gasteiger partial charge is 0.0986 e. The number of benzene rings is 5. The largest absolute Gasteiger partial charge is 0.332 e. The van der Waals surface area contributed by atoms with Gasteiger partial charge in [0.1, 0.15) is 0 Å². The van der Waals surface area contributed by atoms with E-state index in [-0.39, 0.29) is 31.3 Å². The van der Waals surface area contributed by atoms with E-state index in [9.17, 15) is 4.39 Å². The average Bonchev–Trinajstić information content (AvgIpc) is 3.81. The molecule has 0 aliphatic heterocycles. The molecule has 0 N–H and O–H groups in total. The Morgan fingerprint density at radius 2 is 1.56 bits per heavy atom. The number of hydrogen-bond donors (Lipinski definition) is 0. The van der Waals surface area contributed by atoms with Gasteiger partial charge in [-0.15, -0.1) is 53.6 Å². The molecule has 8 heteroatoms. The van der Waals surface area contributed by atoms with Crippen LogP contribution in [0.3, 0.4) is 0 Å². The molecule has 0 spiro atoms. The minimum absolute atomic E-state index is 0. The topological polar surface area (TPSA) is 43.6 Å². The second-order valence-electron chi connectivity index (χ2n) is 18.3. The van der Waals surface area contributed by atoms with E-state index in [4.69, 9.17) is 14.1 Å². The Kier molecular flexibility index (Phi) is 11.6. The number of pyridine rings is 2. The van der Waals surface area contributed by atoms with E-state index >= 15 is 0 Å². The molecule has 5 aromatic carbocycles. The first-order chi connectivity index (χ1) is 30.2. The van der Waals surface area contributed by atoms with Gasteiger partial charge in [0.15, 0.2) is 0 Å². The first-order valence-corrected chi connectivity index (χ1v) is 25.1. The minimum atomic E-state index is -2.19. The van der Waals surface area contributed by atoms with E-state index in [1.165, 1.54) is 54.6 Å². The molecule has 0 saturated heterocycles. The number of hydrogen-bond acceptors (Lipinski definition) is 4. The van der Waals surface area contributed by atoms with Crippen LogP contribution in [0.15, 0.2) is 115 Å². The zero-order chi connectivity index (χ0) is 45.9. The Labute approximate surface area is 388 Å². The molecule has 0 aliphatic rings. The first-order valence-electron chi connectivity index (χ1n) is 22.3. The van der Waals surface area contributed by atoms with Crippen LogP contribution in [0.4, 0.5) is 4.39 Å². The van der Waals surface area contributed by atoms with Gasteiger partial charge in [0, 0.05) is 57.9 Å². The summed E-state index contributed by atoms with van der Waals surface area (Å²) < 4.78 is 41.1. The summed E-state index contributed by atoms with van der Waals surface area (Å²) in [6, 6.07) is 43.2. The standard InChI is InChI=1S/C39H36N3S.C15H17FNSi.Ir/c1-23(2)27-13-16-30-32-20-28(14-18-35(32)43-36(30)21-27)38-41-37-25(4)40-24(3)19-34(37)42(38)33-17-15-29(39(5,6)7)22-31(33)26-11-9-8-10-12-26;1-11-9-14(12-5-7-13(16)8-6-12)17-10-15(11)18(2,3)4;/h8-13,15-23H,1-7H3;5,7-10H,1-4H3;/q2*-1;/i;1D3;. The van der Waals surface area contributed by atoms with Crippen LogP contribution >= 0.6 is 11.3 Å². The van der Waals surface area contributed by atoms with E-state index in [1.54, 1.807) is 18.3 Å². The van der Waals surface area contributed by atoms with Gasteiger partial charge in [-0.1, -0.05) is 120 Å². The maximum absolute atomic E-state index is 13.0. The summed E-state index contributed by atoms with van der Waals surface area (Å²) in [7, 11) is -1.81. The summed E-state index contributed by atoms with van der Waals surface area (Å²) in [4.78, 5) is 14.4. The van der Waals surface area contributed by atoms with Crippen molar-refractivity contribution in [2.45, 2.75) is 86.3 Å². The van der Waals surface area contributed by atoms with Crippen molar-refractivity contribution in [3.05, 3.63) is 161 Å². The van der Waals surface area contributed by atoms with E-state index < -0.39 is 14.9 Å². The molecular formula is C54H53FIrN4SSi-2. The number of thiophene rings is 1. The summed E-state index contributed by atoms with van der Waals surface area (Å²) in [5, 5.41) is 3.36. The van der Waals surface area contributed by atoms with Crippen LogP contribution in [-0.4, -0.2) is 27.6 Å². The maximum Gasteiger partial charge on any atom is 0.0986 e. The van der Waals surface area contributed by atoms with Crippen LogP contribution in [0, 0.1) is 38.6 Å². The van der Waals surface area contributed by atoms with Gasteiger partial charge >= 0.3 is 0 Å². The van der Waals surface area contributed by atoms with E-state index in [0.717, 1.165) is 44.7 Å². The fourth-order valence-electron chi connectivity index (χ4n) is 7.84. The molecule has 0 fully saturated rings. The van der Waals surface area contributed by atoms with Crippen LogP contribution in [0.25, 0.3) is 70.7 Å². The van der Waals surface area contributed by atoms with Gasteiger partial charge in [-0.2, -0.15) is 11.3 Å². The zero-order valence-corrected chi connectivity index (χ0v) is 41.2. The first kappa shape index (κ1) is 40.9. The molecule has 4 heterocycles. The van der Waals surface area contributed by atoms with Gasteiger partial charge in [0.2, 0.25) is 0 Å². The van der Waals surface area contributed by atoms with Crippen molar-refractivity contribution in [1.29, 1.82) is 0 Å². The zero-order valence-electron chi connectivity index (χ0n) is 40.0. The molecule has 0 amide bonds. The van der Waals surface area contributed by atoms with Crippen molar-refractivity contribution < 1.29 is 28.6 Å². The molecule has 4 aromatic heterocycles. The number of rotatable bonds is 6. The number of halogens is 1. The van der Waals surface area contributed by atoms with Crippen molar-refractivity contribution in [3.8, 4) is 39.5 Å². The van der Waals surface area contributed by atoms with E-state index in [0.29, 0.717) is 22.7 Å². The fraction of sp³-hybridized carbons (Fsp3) is 0.241. The number of fused-ring (bicyclic) bond motifs is 4. The number of aryl methyl sites for hydroxylation is 3. The normalized spacial score (nSPS) is 12.8. The Morgan fingerprint density at radius 1 is 0.806 bits per heavy atom. The van der Waals surface area contributed by atoms with Gasteiger partial charge in [-0.25, -0.2) is 0 Å². The summed E-state index contributed by atoms with van der Waals surface area (Å²) in [5.74, 6) is 1.00. The Morgan fingerprint density at radius 3 is 2.24 bits per heavy atom. The van der Waals surface area contributed by atoms with Gasteiger partial charge < -0.3 is 9.55 Å². The Balaban J connectivity index is 0.000000242. The predicted molar refractivity (Wildman–Crippen MR) is 260 cm³/mol. The SMILES string of the molecule is Cc1cc2c(nc(-c3[c-]cc4sc5cc(C(C)C)ccc5c4c3)n2-c2ccc(C(C)(C)C)cc2-c2ccccc2)c(C)n1.[2H]C([2H])([2H])c1cc(-c2[c-]cc(F)cc2)ncc1[Si](C)(C)C.[Ir]. The van der Waals surface area contributed by atoms with Crippen LogP contribution in [0.5, 0.6) is 0 Å². The number of imidazole rings is 1. The molecule has 62 heavy (non-hydrogen) atoms. The van der Waals surface area contributed by atoms with Crippen molar-refractivity contribution in [3.63, 3.8) is 0 Å². The molecule has 4 nitrogen and oxygen atoms in total. The fourth-order valence-corrected chi connectivity index (χ4v) is 10.3. The van der Waals surface area contributed by atoms with Crippen molar-refractivity contribution >= 4 is 55.8 Å². The van der Waals surface area contributed by atoms with Gasteiger partial charge in [0.05, 0.1) is 30.6 Å². The molecule has 0 atom stereocenters. The van der Waals surface area contributed by atoms with Crippen LogP contribution in [-0.2, 0) is 25.5 Å². The third-order valence-corrected chi connectivity index (χ3v) is 14.4. The Bertz CT molecular complexity index is 3180. The van der Waals surface area contributed by atoms with Crippen molar-refractivity contribution in [2.75, 3.05) is 0 Å². The monoisotopic (exact) mass is 1030 g/mol. The summed E-state index contributed by atoms with van der Waals surface area (Å²) in [5.41, 5.74) is 12.5. The number of nitrogens with zero attached hydrogens (tertiary/aromatic N) is 4. The third-order valence-electron chi connectivity index (χ3n) is 11.2. The summed E-state index contributed by atoms with van der Waals surface area (Å²) in [6.45, 7) is 19.5. The Hall–Kier alpha value is -5.11. The van der Waals surface area contributed by atoms with Crippen LogP contribution in [0.2, 0.25) is 19.6 Å². The minimum Gasteiger partial charge on any atom is -0.332 e. The molecule has 9 rings (SSSR count). The van der Waals surface area contributed by atoms with Crippen molar-refractivity contribution in [2.24, 2.45) is 0 Å². The second-order valence-corrected chi connectivity index (χ2v) is 24.4. The molecular weight excluding hydrogens is 976 g/mol. The molecule has 0 saturated carbocycles. The molecule has 0 aliphatic carbocycles. The van der Waals surface area contributed by atoms with E-state index in [1.807, 2.05) is 11.3 Å². The van der Waals surface area contributed by atoms with Crippen LogP contribution in [0.1, 0.15) is 72.7 Å². The van der Waals surface area contributed by atoms with Gasteiger partial charge in [-0.3, -0.25) is 14.4 Å². The molecule has 0 bridgehead atoms. The predicted octanol–water partition coefficient (Wildman–Crippen LogP) is 14.5. The van der Waals surface area contributed by atoms with Gasteiger partial charge in [-0.05, 0) is 94.0 Å². The quantitative estimate of drug-likeness (QED) is 0.123. The van der Waals surface area contributed by atoms with E-state index in [2.05, 4.69) is 175 Å². The molecule has 9 aromatic rings. The average molecular weight is 1030 g/mol. The second kappa shape index (κ2) is 17.6. The van der Waals surface area contributed by atoms with Crippen molar-refractivity contribution in [1.82, 2.24) is 19.5 Å². The summed E-state index contributed by atoms with van der Waals surface area (Å²) >= 11 is 1.84. The maximum atomic E-state index is 13.0. The van der Waals surface area contributed by atoms with Gasteiger partial charge in [0.25, 0.3) is 0 Å². The molecule has 0 unspecified atom stereocenters. The molecule has 1 radical (unpaired) electrons. The summed E-state index contributed by atoms with van der Waals surface area (Å²) in [6.07, 6.45) is 1.65. The molecule has 317 valence electrons. The van der Waals surface area contributed by atoms with Crippen LogP contribution < -0.4 is 5.19 Å².